The molecule has 0 spiro atoms. The lowest BCUT2D eigenvalue weighted by molar-refractivity contribution is 0.0913. The fourth-order valence-electron chi connectivity index (χ4n) is 1.21. The van der Waals surface area contributed by atoms with Crippen molar-refractivity contribution in [2.45, 2.75) is 19.9 Å². The van der Waals surface area contributed by atoms with Gasteiger partial charge in [-0.3, -0.25) is 4.79 Å². The number of carbonyl (C=O) groups is 1. The van der Waals surface area contributed by atoms with Gasteiger partial charge in [0.1, 0.15) is 17.2 Å². The minimum Gasteiger partial charge on any atom is -0.394 e. The van der Waals surface area contributed by atoms with Crippen LogP contribution < -0.4 is 5.32 Å². The number of carbonyl (C=O) groups excluding carboxylic acids is 1. The summed E-state index contributed by atoms with van der Waals surface area (Å²) in [4.78, 5) is 11.5. The molecular formula is C11H13F2NO2. The van der Waals surface area contributed by atoms with Crippen molar-refractivity contribution in [2.75, 3.05) is 6.61 Å². The van der Waals surface area contributed by atoms with Gasteiger partial charge in [0.2, 0.25) is 0 Å². The van der Waals surface area contributed by atoms with Crippen molar-refractivity contribution in [1.82, 2.24) is 5.32 Å². The van der Waals surface area contributed by atoms with Crippen LogP contribution in [0, 0.1) is 18.6 Å². The molecular weight excluding hydrogens is 216 g/mol. The summed E-state index contributed by atoms with van der Waals surface area (Å²) in [7, 11) is 0. The molecule has 1 rings (SSSR count). The highest BCUT2D eigenvalue weighted by Gasteiger charge is 2.19. The summed E-state index contributed by atoms with van der Waals surface area (Å²) in [5.41, 5.74) is -0.413. The summed E-state index contributed by atoms with van der Waals surface area (Å²) in [5, 5.41) is 11.0. The van der Waals surface area contributed by atoms with Gasteiger partial charge in [-0.25, -0.2) is 8.78 Å². The number of hydrogen-bond donors (Lipinski definition) is 2. The smallest absolute Gasteiger partial charge is 0.257 e. The summed E-state index contributed by atoms with van der Waals surface area (Å²) in [6, 6.07) is 1.75. The third kappa shape index (κ3) is 2.55. The molecule has 3 nitrogen and oxygen atoms in total. The van der Waals surface area contributed by atoms with Gasteiger partial charge in [-0.1, -0.05) is 6.07 Å². The average Bonchev–Trinajstić information content (AvgIpc) is 2.24. The number of amides is 1. The van der Waals surface area contributed by atoms with Crippen LogP contribution in [0.1, 0.15) is 22.8 Å². The monoisotopic (exact) mass is 229 g/mol. The number of aryl methyl sites for hydroxylation is 1. The summed E-state index contributed by atoms with van der Waals surface area (Å²) in [6.07, 6.45) is 0. The summed E-state index contributed by atoms with van der Waals surface area (Å²) in [6.45, 7) is 2.69. The van der Waals surface area contributed by atoms with Gasteiger partial charge in [0, 0.05) is 6.04 Å². The zero-order valence-electron chi connectivity index (χ0n) is 9.05. The number of aliphatic hydroxyl groups excluding tert-OH is 1. The summed E-state index contributed by atoms with van der Waals surface area (Å²) < 4.78 is 26.8. The average molecular weight is 229 g/mol. The number of nitrogens with one attached hydrogen (secondary N) is 1. The van der Waals surface area contributed by atoms with Crippen LogP contribution in [0.15, 0.2) is 12.1 Å². The second-order valence-corrected chi connectivity index (χ2v) is 3.61. The molecule has 88 valence electrons. The van der Waals surface area contributed by atoms with Gasteiger partial charge in [0.05, 0.1) is 6.61 Å². The Morgan fingerprint density at radius 3 is 2.69 bits per heavy atom. The standard InChI is InChI=1S/C11H13F2NO2/c1-6-3-4-8(12)9(10(6)13)11(16)14-7(2)5-15/h3-4,7,15H,5H2,1-2H3,(H,14,16)/t7-/m1/s1. The van der Waals surface area contributed by atoms with Gasteiger partial charge >= 0.3 is 0 Å². The number of rotatable bonds is 3. The van der Waals surface area contributed by atoms with Crippen molar-refractivity contribution < 1.29 is 18.7 Å². The van der Waals surface area contributed by atoms with Crippen molar-refractivity contribution in [3.63, 3.8) is 0 Å². The van der Waals surface area contributed by atoms with E-state index in [1.165, 1.54) is 19.9 Å². The SMILES string of the molecule is Cc1ccc(F)c(C(=O)N[C@H](C)CO)c1F. The molecule has 0 bridgehead atoms. The molecule has 0 fully saturated rings. The van der Waals surface area contributed by atoms with Crippen molar-refractivity contribution >= 4 is 5.91 Å². The van der Waals surface area contributed by atoms with Crippen LogP contribution in [0.3, 0.4) is 0 Å². The van der Waals surface area contributed by atoms with Crippen molar-refractivity contribution in [2.24, 2.45) is 0 Å². The Balaban J connectivity index is 3.03. The molecule has 5 heteroatoms. The van der Waals surface area contributed by atoms with Gasteiger partial charge in [-0.2, -0.15) is 0 Å². The van der Waals surface area contributed by atoms with Crippen LogP contribution in [-0.2, 0) is 0 Å². The molecule has 0 radical (unpaired) electrons. The number of aliphatic hydroxyl groups is 1. The van der Waals surface area contributed by atoms with Gasteiger partial charge in [0.25, 0.3) is 5.91 Å². The molecule has 1 aromatic rings. The van der Waals surface area contributed by atoms with Gasteiger partial charge in [0.15, 0.2) is 0 Å². The first-order valence-corrected chi connectivity index (χ1v) is 4.83. The molecule has 1 atom stereocenters. The molecule has 0 aliphatic carbocycles. The van der Waals surface area contributed by atoms with Crippen molar-refractivity contribution in [1.29, 1.82) is 0 Å². The molecule has 0 aliphatic rings. The molecule has 1 aromatic carbocycles. The summed E-state index contributed by atoms with van der Waals surface area (Å²) in [5.74, 6) is -2.64. The first-order valence-electron chi connectivity index (χ1n) is 4.83. The Morgan fingerprint density at radius 1 is 1.50 bits per heavy atom. The predicted octanol–water partition coefficient (Wildman–Crippen LogP) is 1.38. The second-order valence-electron chi connectivity index (χ2n) is 3.61. The Kier molecular flexibility index (Phi) is 3.95. The van der Waals surface area contributed by atoms with E-state index in [1.54, 1.807) is 0 Å². The Bertz CT molecular complexity index is 407. The highest BCUT2D eigenvalue weighted by molar-refractivity contribution is 5.95. The molecule has 0 aromatic heterocycles. The maximum Gasteiger partial charge on any atom is 0.257 e. The van der Waals surface area contributed by atoms with Gasteiger partial charge in [-0.15, -0.1) is 0 Å². The second kappa shape index (κ2) is 5.03. The zero-order chi connectivity index (χ0) is 12.3. The Labute approximate surface area is 92.1 Å². The van der Waals surface area contributed by atoms with Crippen molar-refractivity contribution in [3.05, 3.63) is 34.9 Å². The maximum absolute atomic E-state index is 13.5. The fourth-order valence-corrected chi connectivity index (χ4v) is 1.21. The third-order valence-electron chi connectivity index (χ3n) is 2.16. The lowest BCUT2D eigenvalue weighted by atomic mass is 10.1. The molecule has 0 heterocycles. The fraction of sp³-hybridized carbons (Fsp3) is 0.364. The highest BCUT2D eigenvalue weighted by Crippen LogP contribution is 2.16. The number of benzene rings is 1. The van der Waals surface area contributed by atoms with Crippen LogP contribution >= 0.6 is 0 Å². The molecule has 0 saturated carbocycles. The lowest BCUT2D eigenvalue weighted by Gasteiger charge is -2.12. The van der Waals surface area contributed by atoms with Crippen LogP contribution in [0.5, 0.6) is 0 Å². The van der Waals surface area contributed by atoms with Crippen LogP contribution in [-0.4, -0.2) is 23.7 Å². The van der Waals surface area contributed by atoms with E-state index in [0.717, 1.165) is 6.07 Å². The first kappa shape index (κ1) is 12.6. The molecule has 0 saturated heterocycles. The number of hydrogen-bond acceptors (Lipinski definition) is 2. The van der Waals surface area contributed by atoms with E-state index >= 15 is 0 Å². The van der Waals surface area contributed by atoms with Gasteiger partial charge < -0.3 is 10.4 Å². The molecule has 16 heavy (non-hydrogen) atoms. The largest absolute Gasteiger partial charge is 0.394 e. The van der Waals surface area contributed by atoms with E-state index in [2.05, 4.69) is 5.32 Å². The van der Waals surface area contributed by atoms with Crippen molar-refractivity contribution in [3.8, 4) is 0 Å². The minimum absolute atomic E-state index is 0.197. The maximum atomic E-state index is 13.5. The van der Waals surface area contributed by atoms with Crippen LogP contribution in [0.25, 0.3) is 0 Å². The molecule has 0 unspecified atom stereocenters. The third-order valence-corrected chi connectivity index (χ3v) is 2.16. The van der Waals surface area contributed by atoms with Gasteiger partial charge in [-0.05, 0) is 25.5 Å². The molecule has 1 amide bonds. The lowest BCUT2D eigenvalue weighted by Crippen LogP contribution is -2.36. The molecule has 2 N–H and O–H groups in total. The quantitative estimate of drug-likeness (QED) is 0.822. The van der Waals surface area contributed by atoms with E-state index in [9.17, 15) is 13.6 Å². The normalized spacial score (nSPS) is 12.3. The molecule has 0 aliphatic heterocycles. The van der Waals surface area contributed by atoms with E-state index < -0.39 is 29.1 Å². The Hall–Kier alpha value is -1.49. The van der Waals surface area contributed by atoms with Crippen LogP contribution in [0.4, 0.5) is 8.78 Å². The number of halogens is 2. The first-order chi connectivity index (χ1) is 7.47. The van der Waals surface area contributed by atoms with E-state index in [1.807, 2.05) is 0 Å². The zero-order valence-corrected chi connectivity index (χ0v) is 9.05. The van der Waals surface area contributed by atoms with Crippen LogP contribution in [0.2, 0.25) is 0 Å². The topological polar surface area (TPSA) is 49.3 Å². The van der Waals surface area contributed by atoms with E-state index in [-0.39, 0.29) is 12.2 Å². The Morgan fingerprint density at radius 2 is 2.12 bits per heavy atom. The predicted molar refractivity (Wildman–Crippen MR) is 55.1 cm³/mol. The van der Waals surface area contributed by atoms with E-state index in [0.29, 0.717) is 0 Å². The van der Waals surface area contributed by atoms with E-state index in [4.69, 9.17) is 5.11 Å². The highest BCUT2D eigenvalue weighted by atomic mass is 19.1. The minimum atomic E-state index is -0.911. The summed E-state index contributed by atoms with van der Waals surface area (Å²) >= 11 is 0.